The Balaban J connectivity index is 1.48. The number of hydrogen-bond acceptors (Lipinski definition) is 2. The number of aliphatic carboxylic acids is 1. The van der Waals surface area contributed by atoms with Gasteiger partial charge in [0.2, 0.25) is 0 Å². The van der Waals surface area contributed by atoms with Gasteiger partial charge in [0.05, 0.1) is 10.5 Å². The van der Waals surface area contributed by atoms with E-state index in [0.29, 0.717) is 18.1 Å². The van der Waals surface area contributed by atoms with E-state index in [9.17, 15) is 4.79 Å². The number of halogens is 1. The molecule has 0 saturated carbocycles. The Bertz CT molecular complexity index is 1150. The summed E-state index contributed by atoms with van der Waals surface area (Å²) in [6.45, 7) is 1.12. The molecule has 0 radical (unpaired) electrons. The van der Waals surface area contributed by atoms with Crippen molar-refractivity contribution in [3.63, 3.8) is 0 Å². The first-order chi connectivity index (χ1) is 14.6. The highest BCUT2D eigenvalue weighted by atomic mass is 35.5. The lowest BCUT2D eigenvalue weighted by Gasteiger charge is -2.12. The fourth-order valence-electron chi connectivity index (χ4n) is 3.48. The normalized spacial score (nSPS) is 11.0. The van der Waals surface area contributed by atoms with Crippen molar-refractivity contribution in [2.45, 2.75) is 26.0 Å². The number of carboxylic acid groups (broad SMARTS) is 1. The van der Waals surface area contributed by atoms with Gasteiger partial charge in [-0.05, 0) is 35.7 Å². The minimum absolute atomic E-state index is 0.123. The Labute approximate surface area is 180 Å². The molecular formula is C25H22ClNO3. The van der Waals surface area contributed by atoms with Gasteiger partial charge in [-0.1, -0.05) is 66.2 Å². The standard InChI is InChI=1S/C25H22ClNO3/c26-24-21(17-30-22-11-6-18(7-12-22)8-13-23(28)29)10-9-20-14-15-27(25(20)24)16-19-4-2-1-3-5-19/h1-7,9-12,14-15H,8,13,16-17H2,(H,28,29). The van der Waals surface area contributed by atoms with Gasteiger partial charge in [0.15, 0.2) is 0 Å². The number of ether oxygens (including phenoxy) is 1. The molecule has 1 aromatic heterocycles. The maximum atomic E-state index is 10.7. The molecule has 30 heavy (non-hydrogen) atoms. The van der Waals surface area contributed by atoms with Crippen LogP contribution in [-0.2, 0) is 24.4 Å². The second-order valence-electron chi connectivity index (χ2n) is 7.23. The van der Waals surface area contributed by atoms with E-state index in [2.05, 4.69) is 35.0 Å². The van der Waals surface area contributed by atoms with Crippen molar-refractivity contribution in [3.8, 4) is 5.75 Å². The summed E-state index contributed by atoms with van der Waals surface area (Å²) in [4.78, 5) is 10.7. The highest BCUT2D eigenvalue weighted by molar-refractivity contribution is 6.36. The molecule has 4 rings (SSSR count). The third kappa shape index (κ3) is 4.66. The Kier molecular flexibility index (Phi) is 6.05. The average molecular weight is 420 g/mol. The predicted octanol–water partition coefficient (Wildman–Crippen LogP) is 5.94. The van der Waals surface area contributed by atoms with Crippen molar-refractivity contribution in [1.29, 1.82) is 0 Å². The zero-order valence-corrected chi connectivity index (χ0v) is 17.2. The van der Waals surface area contributed by atoms with E-state index < -0.39 is 5.97 Å². The molecular weight excluding hydrogens is 398 g/mol. The zero-order chi connectivity index (χ0) is 20.9. The molecule has 1 heterocycles. The largest absolute Gasteiger partial charge is 0.489 e. The molecule has 0 aliphatic carbocycles. The number of benzene rings is 3. The lowest BCUT2D eigenvalue weighted by Crippen LogP contribution is -2.01. The van der Waals surface area contributed by atoms with Crippen molar-refractivity contribution in [2.75, 3.05) is 0 Å². The van der Waals surface area contributed by atoms with Crippen molar-refractivity contribution >= 4 is 28.5 Å². The molecule has 0 spiro atoms. The maximum Gasteiger partial charge on any atom is 0.303 e. The predicted molar refractivity (Wildman–Crippen MR) is 119 cm³/mol. The Morgan fingerprint density at radius 2 is 1.70 bits per heavy atom. The summed E-state index contributed by atoms with van der Waals surface area (Å²) in [6, 6.07) is 24.0. The summed E-state index contributed by atoms with van der Waals surface area (Å²) in [5.41, 5.74) is 4.12. The van der Waals surface area contributed by atoms with Crippen molar-refractivity contribution < 1.29 is 14.6 Å². The highest BCUT2D eigenvalue weighted by Gasteiger charge is 2.11. The minimum atomic E-state index is -0.794. The van der Waals surface area contributed by atoms with Crippen LogP contribution in [0.4, 0.5) is 0 Å². The van der Waals surface area contributed by atoms with Crippen LogP contribution in [0.2, 0.25) is 5.02 Å². The molecule has 5 heteroatoms. The van der Waals surface area contributed by atoms with E-state index in [1.165, 1.54) is 5.56 Å². The van der Waals surface area contributed by atoms with Gasteiger partial charge >= 0.3 is 5.97 Å². The summed E-state index contributed by atoms with van der Waals surface area (Å²) in [5, 5.41) is 10.6. The summed E-state index contributed by atoms with van der Waals surface area (Å²) in [5.74, 6) is -0.0673. The van der Waals surface area contributed by atoms with Crippen molar-refractivity contribution in [2.24, 2.45) is 0 Å². The molecule has 1 N–H and O–H groups in total. The summed E-state index contributed by atoms with van der Waals surface area (Å²) >= 11 is 6.76. The van der Waals surface area contributed by atoms with Crippen LogP contribution in [0, 0.1) is 0 Å². The zero-order valence-electron chi connectivity index (χ0n) is 16.4. The van der Waals surface area contributed by atoms with Crippen LogP contribution >= 0.6 is 11.6 Å². The summed E-state index contributed by atoms with van der Waals surface area (Å²) < 4.78 is 8.09. The molecule has 3 aromatic carbocycles. The molecule has 0 bridgehead atoms. The van der Waals surface area contributed by atoms with Crippen LogP contribution in [0.3, 0.4) is 0 Å². The third-order valence-corrected chi connectivity index (χ3v) is 5.51. The summed E-state index contributed by atoms with van der Waals surface area (Å²) in [7, 11) is 0. The number of aryl methyl sites for hydroxylation is 1. The first-order valence-corrected chi connectivity index (χ1v) is 10.2. The van der Waals surface area contributed by atoms with E-state index in [1.54, 1.807) is 0 Å². The van der Waals surface area contributed by atoms with Gasteiger partial charge in [0.25, 0.3) is 0 Å². The minimum Gasteiger partial charge on any atom is -0.489 e. The van der Waals surface area contributed by atoms with Crippen LogP contribution < -0.4 is 4.74 Å². The van der Waals surface area contributed by atoms with E-state index in [4.69, 9.17) is 21.4 Å². The molecule has 0 atom stereocenters. The highest BCUT2D eigenvalue weighted by Crippen LogP contribution is 2.30. The Morgan fingerprint density at radius 3 is 2.43 bits per heavy atom. The molecule has 0 aliphatic heterocycles. The van der Waals surface area contributed by atoms with E-state index in [1.807, 2.05) is 48.5 Å². The van der Waals surface area contributed by atoms with E-state index in [0.717, 1.165) is 34.3 Å². The van der Waals surface area contributed by atoms with Crippen LogP contribution in [0.15, 0.2) is 79.0 Å². The van der Waals surface area contributed by atoms with Gasteiger partial charge in [-0.25, -0.2) is 0 Å². The number of rotatable bonds is 8. The third-order valence-electron chi connectivity index (χ3n) is 5.09. The number of fused-ring (bicyclic) bond motifs is 1. The molecule has 0 unspecified atom stereocenters. The smallest absolute Gasteiger partial charge is 0.303 e. The Hall–Kier alpha value is -3.24. The fraction of sp³-hybridized carbons (Fsp3) is 0.160. The van der Waals surface area contributed by atoms with Gasteiger partial charge in [-0.3, -0.25) is 4.79 Å². The molecule has 4 aromatic rings. The molecule has 0 aliphatic rings. The van der Waals surface area contributed by atoms with Gasteiger partial charge in [-0.15, -0.1) is 0 Å². The molecule has 152 valence electrons. The Morgan fingerprint density at radius 1 is 0.933 bits per heavy atom. The second kappa shape index (κ2) is 9.06. The number of carbonyl (C=O) groups is 1. The first kappa shape index (κ1) is 20.0. The molecule has 0 fully saturated rings. The topological polar surface area (TPSA) is 51.5 Å². The lowest BCUT2D eigenvalue weighted by atomic mass is 10.1. The second-order valence-corrected chi connectivity index (χ2v) is 7.61. The number of aromatic nitrogens is 1. The monoisotopic (exact) mass is 419 g/mol. The van der Waals surface area contributed by atoms with Crippen LogP contribution in [0.25, 0.3) is 10.9 Å². The number of nitrogens with zero attached hydrogens (tertiary/aromatic N) is 1. The SMILES string of the molecule is O=C(O)CCc1ccc(OCc2ccc3ccn(Cc4ccccc4)c3c2Cl)cc1. The molecule has 0 saturated heterocycles. The lowest BCUT2D eigenvalue weighted by molar-refractivity contribution is -0.136. The fourth-order valence-corrected chi connectivity index (χ4v) is 3.82. The van der Waals surface area contributed by atoms with Crippen LogP contribution in [0.5, 0.6) is 5.75 Å². The van der Waals surface area contributed by atoms with E-state index in [-0.39, 0.29) is 6.42 Å². The number of carboxylic acids is 1. The van der Waals surface area contributed by atoms with Gasteiger partial charge in [0.1, 0.15) is 12.4 Å². The molecule has 0 amide bonds. The van der Waals surface area contributed by atoms with E-state index >= 15 is 0 Å². The van der Waals surface area contributed by atoms with Crippen LogP contribution in [0.1, 0.15) is 23.1 Å². The first-order valence-electron chi connectivity index (χ1n) is 9.84. The van der Waals surface area contributed by atoms with Crippen molar-refractivity contribution in [3.05, 3.63) is 101 Å². The van der Waals surface area contributed by atoms with Gasteiger partial charge in [-0.2, -0.15) is 0 Å². The van der Waals surface area contributed by atoms with Gasteiger partial charge < -0.3 is 14.4 Å². The van der Waals surface area contributed by atoms with Crippen molar-refractivity contribution in [1.82, 2.24) is 4.57 Å². The number of hydrogen-bond donors (Lipinski definition) is 1. The van der Waals surface area contributed by atoms with Gasteiger partial charge in [0, 0.05) is 30.1 Å². The molecule has 4 nitrogen and oxygen atoms in total. The summed E-state index contributed by atoms with van der Waals surface area (Å²) in [6.07, 6.45) is 2.69. The average Bonchev–Trinajstić information content (AvgIpc) is 3.17. The quantitative estimate of drug-likeness (QED) is 0.384. The van der Waals surface area contributed by atoms with Crippen LogP contribution in [-0.4, -0.2) is 15.6 Å². The maximum absolute atomic E-state index is 10.7.